The Balaban J connectivity index is 1.79. The lowest BCUT2D eigenvalue weighted by atomic mass is 10.1. The molecule has 9 heteroatoms. The summed E-state index contributed by atoms with van der Waals surface area (Å²) in [6.07, 6.45) is 2.95. The molecule has 1 atom stereocenters. The molecule has 3 heterocycles. The van der Waals surface area contributed by atoms with Crippen LogP contribution in [-0.4, -0.2) is 62.3 Å². The van der Waals surface area contributed by atoms with Gasteiger partial charge in [0.05, 0.1) is 25.1 Å². The molecule has 1 aliphatic heterocycles. The van der Waals surface area contributed by atoms with Crippen molar-refractivity contribution in [3.63, 3.8) is 0 Å². The van der Waals surface area contributed by atoms with Crippen LogP contribution < -0.4 is 5.56 Å². The third kappa shape index (κ3) is 3.93. The maximum Gasteiger partial charge on any atom is 0.305 e. The first kappa shape index (κ1) is 18.1. The van der Waals surface area contributed by atoms with Crippen LogP contribution in [0, 0.1) is 6.92 Å². The maximum atomic E-state index is 12.8. The molecule has 0 aromatic carbocycles. The number of H-pyrrole nitrogens is 1. The van der Waals surface area contributed by atoms with Crippen LogP contribution in [0.5, 0.6) is 0 Å². The summed E-state index contributed by atoms with van der Waals surface area (Å²) in [6.45, 7) is 2.82. The molecule has 0 aliphatic carbocycles. The van der Waals surface area contributed by atoms with Crippen molar-refractivity contribution in [3.05, 3.63) is 33.9 Å². The summed E-state index contributed by atoms with van der Waals surface area (Å²) in [7, 11) is 0. The van der Waals surface area contributed by atoms with E-state index in [0.29, 0.717) is 30.1 Å². The van der Waals surface area contributed by atoms with Gasteiger partial charge in [-0.1, -0.05) is 0 Å². The number of hydrogen-bond acceptors (Lipinski definition) is 5. The normalized spacial score (nSPS) is 16.9. The highest BCUT2D eigenvalue weighted by molar-refractivity contribution is 5.79. The summed E-state index contributed by atoms with van der Waals surface area (Å²) >= 11 is 0. The number of nitrogens with one attached hydrogen (secondary N) is 1. The topological polar surface area (TPSA) is 117 Å². The molecule has 2 N–H and O–H groups in total. The minimum atomic E-state index is -0.970. The zero-order valence-corrected chi connectivity index (χ0v) is 14.6. The van der Waals surface area contributed by atoms with Gasteiger partial charge in [-0.25, -0.2) is 0 Å². The summed E-state index contributed by atoms with van der Waals surface area (Å²) in [4.78, 5) is 40.8. The van der Waals surface area contributed by atoms with Gasteiger partial charge in [-0.3, -0.25) is 14.4 Å². The van der Waals surface area contributed by atoms with E-state index in [0.717, 1.165) is 12.8 Å². The van der Waals surface area contributed by atoms with Gasteiger partial charge in [0.2, 0.25) is 5.91 Å². The number of carboxylic acid groups (broad SMARTS) is 1. The van der Waals surface area contributed by atoms with E-state index >= 15 is 0 Å². The Hall–Kier alpha value is -2.68. The standard InChI is InChI=1S/C17H22N4O5/c1-11-13(17(25)21-14(19-11)4-6-18-21)9-15(22)20(7-5-16(23)24)10-12-3-2-8-26-12/h4,6,12,19H,2-3,5,7-10H2,1H3,(H,23,24). The van der Waals surface area contributed by atoms with Crippen LogP contribution in [0.25, 0.3) is 5.65 Å². The number of hydrogen-bond donors (Lipinski definition) is 2. The van der Waals surface area contributed by atoms with E-state index in [1.54, 1.807) is 13.0 Å². The Morgan fingerprint density at radius 3 is 3.00 bits per heavy atom. The molecule has 0 radical (unpaired) electrons. The van der Waals surface area contributed by atoms with E-state index in [9.17, 15) is 14.4 Å². The molecule has 0 bridgehead atoms. The van der Waals surface area contributed by atoms with E-state index in [1.807, 2.05) is 0 Å². The third-order valence-corrected chi connectivity index (χ3v) is 4.59. The molecule has 0 saturated carbocycles. The number of aliphatic carboxylic acids is 1. The largest absolute Gasteiger partial charge is 0.481 e. The first-order valence-corrected chi connectivity index (χ1v) is 8.62. The second kappa shape index (κ2) is 7.69. The number of ether oxygens (including phenoxy) is 1. The molecule has 1 aliphatic rings. The number of carbonyl (C=O) groups is 2. The minimum Gasteiger partial charge on any atom is -0.481 e. The van der Waals surface area contributed by atoms with Gasteiger partial charge in [0.15, 0.2) is 0 Å². The Bertz CT molecular complexity index is 866. The molecule has 9 nitrogen and oxygen atoms in total. The fraction of sp³-hybridized carbons (Fsp3) is 0.529. The average Bonchev–Trinajstić information content (AvgIpc) is 3.26. The molecule has 2 aromatic heterocycles. The number of carboxylic acids is 1. The predicted molar refractivity (Wildman–Crippen MR) is 92.1 cm³/mol. The van der Waals surface area contributed by atoms with Crippen LogP contribution in [0.2, 0.25) is 0 Å². The monoisotopic (exact) mass is 362 g/mol. The molecule has 0 spiro atoms. The van der Waals surface area contributed by atoms with Crippen molar-refractivity contribution >= 4 is 17.5 Å². The lowest BCUT2D eigenvalue weighted by Crippen LogP contribution is -2.40. The number of aromatic nitrogens is 3. The van der Waals surface area contributed by atoms with Crippen LogP contribution in [0.3, 0.4) is 0 Å². The minimum absolute atomic E-state index is 0.0827. The van der Waals surface area contributed by atoms with E-state index in [-0.39, 0.29) is 37.0 Å². The molecule has 140 valence electrons. The van der Waals surface area contributed by atoms with Gasteiger partial charge < -0.3 is 19.7 Å². The van der Waals surface area contributed by atoms with Crippen molar-refractivity contribution in [1.82, 2.24) is 19.5 Å². The van der Waals surface area contributed by atoms with Crippen LogP contribution in [0.1, 0.15) is 30.5 Å². The second-order valence-electron chi connectivity index (χ2n) is 6.46. The second-order valence-corrected chi connectivity index (χ2v) is 6.46. The molecular weight excluding hydrogens is 340 g/mol. The van der Waals surface area contributed by atoms with E-state index in [1.165, 1.54) is 15.6 Å². The Labute approximate surface area is 149 Å². The Morgan fingerprint density at radius 2 is 2.31 bits per heavy atom. The Morgan fingerprint density at radius 1 is 1.50 bits per heavy atom. The fourth-order valence-electron chi connectivity index (χ4n) is 3.17. The average molecular weight is 362 g/mol. The van der Waals surface area contributed by atoms with Crippen molar-refractivity contribution in [3.8, 4) is 0 Å². The van der Waals surface area contributed by atoms with Crippen LogP contribution >= 0.6 is 0 Å². The third-order valence-electron chi connectivity index (χ3n) is 4.59. The van der Waals surface area contributed by atoms with Crippen molar-refractivity contribution in [2.24, 2.45) is 0 Å². The molecule has 1 saturated heterocycles. The Kier molecular flexibility index (Phi) is 5.36. The number of fused-ring (bicyclic) bond motifs is 1. The molecule has 1 amide bonds. The predicted octanol–water partition coefficient (Wildman–Crippen LogP) is 0.356. The lowest BCUT2D eigenvalue weighted by Gasteiger charge is -2.25. The summed E-state index contributed by atoms with van der Waals surface area (Å²) in [5, 5.41) is 12.9. The molecule has 2 aromatic rings. The van der Waals surface area contributed by atoms with Gasteiger partial charge in [-0.15, -0.1) is 0 Å². The molecule has 1 unspecified atom stereocenters. The van der Waals surface area contributed by atoms with Gasteiger partial charge in [-0.05, 0) is 19.8 Å². The van der Waals surface area contributed by atoms with Crippen molar-refractivity contribution in [1.29, 1.82) is 0 Å². The number of amides is 1. The first-order chi connectivity index (χ1) is 12.5. The summed E-state index contributed by atoms with van der Waals surface area (Å²) in [5.74, 6) is -1.26. The lowest BCUT2D eigenvalue weighted by molar-refractivity contribution is -0.139. The molecule has 26 heavy (non-hydrogen) atoms. The van der Waals surface area contributed by atoms with Crippen molar-refractivity contribution in [2.45, 2.75) is 38.7 Å². The van der Waals surface area contributed by atoms with Gasteiger partial charge in [0, 0.05) is 37.0 Å². The van der Waals surface area contributed by atoms with Crippen LogP contribution in [-0.2, 0) is 20.7 Å². The fourth-order valence-corrected chi connectivity index (χ4v) is 3.17. The van der Waals surface area contributed by atoms with E-state index < -0.39 is 5.97 Å². The summed E-state index contributed by atoms with van der Waals surface area (Å²) in [5.41, 5.74) is 1.15. The van der Waals surface area contributed by atoms with Gasteiger partial charge in [-0.2, -0.15) is 9.61 Å². The first-order valence-electron chi connectivity index (χ1n) is 8.62. The smallest absolute Gasteiger partial charge is 0.305 e. The highest BCUT2D eigenvalue weighted by Crippen LogP contribution is 2.15. The van der Waals surface area contributed by atoms with E-state index in [4.69, 9.17) is 9.84 Å². The summed E-state index contributed by atoms with van der Waals surface area (Å²) in [6, 6.07) is 1.68. The number of nitrogens with zero attached hydrogens (tertiary/aromatic N) is 3. The zero-order valence-electron chi connectivity index (χ0n) is 14.6. The quantitative estimate of drug-likeness (QED) is 0.734. The van der Waals surface area contributed by atoms with E-state index in [2.05, 4.69) is 10.1 Å². The van der Waals surface area contributed by atoms with Gasteiger partial charge in [0.1, 0.15) is 5.65 Å². The van der Waals surface area contributed by atoms with Gasteiger partial charge >= 0.3 is 5.97 Å². The van der Waals surface area contributed by atoms with Crippen molar-refractivity contribution in [2.75, 3.05) is 19.7 Å². The van der Waals surface area contributed by atoms with Crippen LogP contribution in [0.15, 0.2) is 17.1 Å². The molecule has 1 fully saturated rings. The maximum absolute atomic E-state index is 12.8. The molecular formula is C17H22N4O5. The SMILES string of the molecule is Cc1[nH]c2ccnn2c(=O)c1CC(=O)N(CCC(=O)O)CC1CCCO1. The van der Waals surface area contributed by atoms with Crippen molar-refractivity contribution < 1.29 is 19.4 Å². The number of rotatable bonds is 7. The van der Waals surface area contributed by atoms with Gasteiger partial charge in [0.25, 0.3) is 5.56 Å². The zero-order chi connectivity index (χ0) is 18.7. The highest BCUT2D eigenvalue weighted by Gasteiger charge is 2.24. The number of carbonyl (C=O) groups excluding carboxylic acids is 1. The highest BCUT2D eigenvalue weighted by atomic mass is 16.5. The number of aromatic amines is 1. The number of aryl methyl sites for hydroxylation is 1. The van der Waals surface area contributed by atoms with Crippen LogP contribution in [0.4, 0.5) is 0 Å². The molecule has 3 rings (SSSR count). The summed E-state index contributed by atoms with van der Waals surface area (Å²) < 4.78 is 6.78.